The number of benzene rings is 1. The van der Waals surface area contributed by atoms with E-state index >= 15 is 0 Å². The van der Waals surface area contributed by atoms with E-state index in [2.05, 4.69) is 49.0 Å². The minimum absolute atomic E-state index is 0.222. The van der Waals surface area contributed by atoms with E-state index < -0.39 is 0 Å². The van der Waals surface area contributed by atoms with E-state index in [0.717, 1.165) is 21.6 Å². The van der Waals surface area contributed by atoms with E-state index in [0.29, 0.717) is 0 Å². The summed E-state index contributed by atoms with van der Waals surface area (Å²) in [7, 11) is 0. The Morgan fingerprint density at radius 2 is 2.06 bits per heavy atom. The highest BCUT2D eigenvalue weighted by molar-refractivity contribution is 9.11. The lowest BCUT2D eigenvalue weighted by Crippen LogP contribution is -1.98. The molecule has 94 valence electrons. The van der Waals surface area contributed by atoms with E-state index in [9.17, 15) is 0 Å². The first kappa shape index (κ1) is 14.0. The molecule has 0 aliphatic heterocycles. The van der Waals surface area contributed by atoms with Crippen LogP contribution in [0.1, 0.15) is 21.6 Å². The van der Waals surface area contributed by atoms with Gasteiger partial charge in [-0.25, -0.2) is 0 Å². The summed E-state index contributed by atoms with van der Waals surface area (Å²) in [5.41, 5.74) is 3.43. The standard InChI is InChI=1S/C14H12Br2ClN/c1-9-2-4-11(18-8-9)7-14(16)12-5-3-10(17)6-13(12)15/h2-6,8,14H,7H2,1H3. The molecule has 1 unspecified atom stereocenters. The molecule has 1 heterocycles. The fourth-order valence-corrected chi connectivity index (χ4v) is 3.67. The summed E-state index contributed by atoms with van der Waals surface area (Å²) in [4.78, 5) is 4.64. The highest BCUT2D eigenvalue weighted by atomic mass is 79.9. The van der Waals surface area contributed by atoms with Gasteiger partial charge in [0, 0.05) is 32.6 Å². The topological polar surface area (TPSA) is 12.9 Å². The third-order valence-electron chi connectivity index (χ3n) is 2.66. The van der Waals surface area contributed by atoms with Crippen LogP contribution < -0.4 is 0 Å². The summed E-state index contributed by atoms with van der Waals surface area (Å²) in [6, 6.07) is 9.98. The molecule has 1 nitrogen and oxygen atoms in total. The normalized spacial score (nSPS) is 12.4. The first-order valence-corrected chi connectivity index (χ1v) is 7.65. The van der Waals surface area contributed by atoms with Crippen molar-refractivity contribution in [2.24, 2.45) is 0 Å². The summed E-state index contributed by atoms with van der Waals surface area (Å²) in [5.74, 6) is 0. The average molecular weight is 390 g/mol. The first-order chi connectivity index (χ1) is 8.56. The second kappa shape index (κ2) is 6.18. The molecule has 18 heavy (non-hydrogen) atoms. The van der Waals surface area contributed by atoms with Gasteiger partial charge in [0.15, 0.2) is 0 Å². The number of rotatable bonds is 3. The average Bonchev–Trinajstić information content (AvgIpc) is 2.32. The zero-order valence-corrected chi connectivity index (χ0v) is 13.8. The Bertz CT molecular complexity index is 540. The maximum Gasteiger partial charge on any atom is 0.0461 e. The fraction of sp³-hybridized carbons (Fsp3) is 0.214. The van der Waals surface area contributed by atoms with Gasteiger partial charge < -0.3 is 0 Å². The van der Waals surface area contributed by atoms with Crippen LogP contribution in [-0.2, 0) is 6.42 Å². The predicted molar refractivity (Wildman–Crippen MR) is 83.5 cm³/mol. The quantitative estimate of drug-likeness (QED) is 0.633. The van der Waals surface area contributed by atoms with Crippen molar-refractivity contribution < 1.29 is 0 Å². The van der Waals surface area contributed by atoms with E-state index in [1.54, 1.807) is 0 Å². The van der Waals surface area contributed by atoms with Crippen molar-refractivity contribution in [3.05, 3.63) is 62.8 Å². The Balaban J connectivity index is 2.16. The first-order valence-electron chi connectivity index (χ1n) is 5.57. The second-order valence-corrected chi connectivity index (χ2v) is 6.56. The van der Waals surface area contributed by atoms with E-state index in [4.69, 9.17) is 11.6 Å². The summed E-state index contributed by atoms with van der Waals surface area (Å²) in [6.45, 7) is 2.04. The number of hydrogen-bond acceptors (Lipinski definition) is 1. The Kier molecular flexibility index (Phi) is 4.82. The van der Waals surface area contributed by atoms with Gasteiger partial charge in [0.25, 0.3) is 0 Å². The Morgan fingerprint density at radius 1 is 1.28 bits per heavy atom. The molecule has 0 aliphatic carbocycles. The van der Waals surface area contributed by atoms with Gasteiger partial charge >= 0.3 is 0 Å². The van der Waals surface area contributed by atoms with Crippen LogP contribution in [0.2, 0.25) is 5.02 Å². The lowest BCUT2D eigenvalue weighted by Gasteiger charge is -2.12. The van der Waals surface area contributed by atoms with Crippen LogP contribution in [0, 0.1) is 6.92 Å². The molecule has 0 radical (unpaired) electrons. The van der Waals surface area contributed by atoms with Crippen molar-refractivity contribution in [3.8, 4) is 0 Å². The van der Waals surface area contributed by atoms with Crippen LogP contribution >= 0.6 is 43.5 Å². The number of aromatic nitrogens is 1. The van der Waals surface area contributed by atoms with Crippen molar-refractivity contribution in [2.45, 2.75) is 18.2 Å². The highest BCUT2D eigenvalue weighted by Crippen LogP contribution is 2.33. The molecule has 4 heteroatoms. The lowest BCUT2D eigenvalue weighted by atomic mass is 10.1. The lowest BCUT2D eigenvalue weighted by molar-refractivity contribution is 0.898. The molecule has 0 amide bonds. The molecule has 0 N–H and O–H groups in total. The molecule has 0 saturated carbocycles. The Labute approximate surface area is 129 Å². The van der Waals surface area contributed by atoms with Crippen molar-refractivity contribution in [2.75, 3.05) is 0 Å². The van der Waals surface area contributed by atoms with Gasteiger partial charge in [-0.2, -0.15) is 0 Å². The third-order valence-corrected chi connectivity index (χ3v) is 4.40. The van der Waals surface area contributed by atoms with E-state index in [1.807, 2.05) is 31.3 Å². The molecule has 1 atom stereocenters. The van der Waals surface area contributed by atoms with Crippen LogP contribution in [0.3, 0.4) is 0 Å². The van der Waals surface area contributed by atoms with Crippen molar-refractivity contribution in [1.82, 2.24) is 4.98 Å². The number of nitrogens with zero attached hydrogens (tertiary/aromatic N) is 1. The fourth-order valence-electron chi connectivity index (χ4n) is 1.67. The molecule has 0 spiro atoms. The van der Waals surface area contributed by atoms with Crippen LogP contribution in [0.5, 0.6) is 0 Å². The Hall–Kier alpha value is -0.380. The molecule has 1 aromatic carbocycles. The third kappa shape index (κ3) is 3.56. The summed E-state index contributed by atoms with van der Waals surface area (Å²) >= 11 is 13.2. The van der Waals surface area contributed by atoms with Crippen LogP contribution in [0.15, 0.2) is 41.0 Å². The van der Waals surface area contributed by atoms with Crippen LogP contribution in [0.4, 0.5) is 0 Å². The number of halogens is 3. The molecule has 0 fully saturated rings. The van der Waals surface area contributed by atoms with Gasteiger partial charge in [-0.15, -0.1) is 0 Å². The summed E-state index contributed by atoms with van der Waals surface area (Å²) in [6.07, 6.45) is 2.74. The van der Waals surface area contributed by atoms with Gasteiger partial charge in [-0.3, -0.25) is 4.98 Å². The number of aryl methyl sites for hydroxylation is 1. The molecule has 2 rings (SSSR count). The highest BCUT2D eigenvalue weighted by Gasteiger charge is 2.12. The zero-order valence-electron chi connectivity index (χ0n) is 9.83. The molecule has 0 aliphatic rings. The maximum atomic E-state index is 5.94. The van der Waals surface area contributed by atoms with Gasteiger partial charge in [0.05, 0.1) is 0 Å². The number of alkyl halides is 1. The minimum Gasteiger partial charge on any atom is -0.261 e. The Morgan fingerprint density at radius 3 is 2.67 bits per heavy atom. The predicted octanol–water partition coefficient (Wildman–Crippen LogP) is 5.48. The van der Waals surface area contributed by atoms with Crippen LogP contribution in [0.25, 0.3) is 0 Å². The van der Waals surface area contributed by atoms with Crippen molar-refractivity contribution in [1.29, 1.82) is 0 Å². The van der Waals surface area contributed by atoms with Gasteiger partial charge in [-0.05, 0) is 36.2 Å². The monoisotopic (exact) mass is 387 g/mol. The SMILES string of the molecule is Cc1ccc(CC(Br)c2ccc(Cl)cc2Br)nc1. The number of hydrogen-bond donors (Lipinski definition) is 0. The smallest absolute Gasteiger partial charge is 0.0461 e. The number of pyridine rings is 1. The van der Waals surface area contributed by atoms with E-state index in [1.165, 1.54) is 11.1 Å². The van der Waals surface area contributed by atoms with Gasteiger partial charge in [0.2, 0.25) is 0 Å². The van der Waals surface area contributed by atoms with E-state index in [-0.39, 0.29) is 4.83 Å². The van der Waals surface area contributed by atoms with Gasteiger partial charge in [-0.1, -0.05) is 55.6 Å². The van der Waals surface area contributed by atoms with Crippen molar-refractivity contribution >= 4 is 43.5 Å². The van der Waals surface area contributed by atoms with Crippen molar-refractivity contribution in [3.63, 3.8) is 0 Å². The largest absolute Gasteiger partial charge is 0.261 e. The summed E-state index contributed by atoms with van der Waals surface area (Å²) < 4.78 is 1.02. The molecular formula is C14H12Br2ClN. The maximum absolute atomic E-state index is 5.94. The minimum atomic E-state index is 0.222. The molecule has 0 saturated heterocycles. The zero-order chi connectivity index (χ0) is 13.1. The van der Waals surface area contributed by atoms with Gasteiger partial charge in [0.1, 0.15) is 0 Å². The second-order valence-electron chi connectivity index (χ2n) is 4.16. The molecule has 0 bridgehead atoms. The molecular weight excluding hydrogens is 377 g/mol. The molecule has 1 aromatic heterocycles. The molecule has 2 aromatic rings. The van der Waals surface area contributed by atoms with Crippen LogP contribution in [-0.4, -0.2) is 4.98 Å². The summed E-state index contributed by atoms with van der Waals surface area (Å²) in [5, 5.41) is 0.735.